The van der Waals surface area contributed by atoms with Gasteiger partial charge in [-0.05, 0) is 106 Å². The zero-order chi connectivity index (χ0) is 24.8. The number of hydrogen-bond donors (Lipinski definition) is 1. The molecule has 0 aromatic rings. The van der Waals surface area contributed by atoms with Gasteiger partial charge >= 0.3 is 0 Å². The summed E-state index contributed by atoms with van der Waals surface area (Å²) in [6, 6.07) is 0. The van der Waals surface area contributed by atoms with Gasteiger partial charge in [0.25, 0.3) is 0 Å². The fraction of sp³-hybridized carbons (Fsp3) is 0.633. The molecule has 4 nitrogen and oxygen atoms in total. The zero-order valence-corrected chi connectivity index (χ0v) is 21.2. The average Bonchev–Trinajstić information content (AvgIpc) is 3.42. The fourth-order valence-corrected chi connectivity index (χ4v) is 7.98. The van der Waals surface area contributed by atoms with E-state index in [-0.39, 0.29) is 59.5 Å². The van der Waals surface area contributed by atoms with Crippen molar-refractivity contribution < 1.29 is 19.5 Å². The minimum Gasteiger partial charge on any atom is -0.392 e. The molecule has 0 heterocycles. The van der Waals surface area contributed by atoms with E-state index in [4.69, 9.17) is 0 Å². The summed E-state index contributed by atoms with van der Waals surface area (Å²) in [7, 11) is 0. The molecule has 0 spiro atoms. The number of ketones is 3. The van der Waals surface area contributed by atoms with Crippen molar-refractivity contribution in [1.82, 2.24) is 0 Å². The molecule has 4 rings (SSSR count). The summed E-state index contributed by atoms with van der Waals surface area (Å²) in [5.74, 6) is 0.832. The van der Waals surface area contributed by atoms with Gasteiger partial charge in [-0.3, -0.25) is 14.4 Å². The van der Waals surface area contributed by atoms with E-state index in [1.807, 2.05) is 6.08 Å². The predicted molar refractivity (Wildman–Crippen MR) is 134 cm³/mol. The van der Waals surface area contributed by atoms with Crippen LogP contribution in [-0.2, 0) is 14.4 Å². The van der Waals surface area contributed by atoms with Gasteiger partial charge in [0.15, 0.2) is 5.78 Å². The fourth-order valence-electron chi connectivity index (χ4n) is 7.98. The van der Waals surface area contributed by atoms with Crippen molar-refractivity contribution in [3.8, 4) is 0 Å². The number of carbonyl (C=O) groups excluding carboxylic acids is 3. The lowest BCUT2D eigenvalue weighted by Crippen LogP contribution is -2.35. The number of rotatable bonds is 9. The van der Waals surface area contributed by atoms with E-state index in [2.05, 4.69) is 38.7 Å². The lowest BCUT2D eigenvalue weighted by atomic mass is 9.65. The van der Waals surface area contributed by atoms with Crippen LogP contribution in [0.5, 0.6) is 0 Å². The second kappa shape index (κ2) is 9.53. The molecule has 4 heteroatoms. The van der Waals surface area contributed by atoms with Crippen LogP contribution in [0.15, 0.2) is 47.6 Å². The van der Waals surface area contributed by atoms with E-state index >= 15 is 0 Å². The molecule has 4 aliphatic rings. The Morgan fingerprint density at radius 3 is 2.47 bits per heavy atom. The normalized spacial score (nSPS) is 35.9. The Kier molecular flexibility index (Phi) is 7.01. The Labute approximate surface area is 204 Å². The molecule has 7 atom stereocenters. The Balaban J connectivity index is 1.65. The largest absolute Gasteiger partial charge is 0.392 e. The molecule has 0 amide bonds. The third-order valence-corrected chi connectivity index (χ3v) is 9.39. The van der Waals surface area contributed by atoms with E-state index in [1.54, 1.807) is 13.8 Å². The summed E-state index contributed by atoms with van der Waals surface area (Å²) in [6.07, 6.45) is 13.7. The highest BCUT2D eigenvalue weighted by atomic mass is 16.3. The Hall–Kier alpha value is -2.07. The van der Waals surface area contributed by atoms with E-state index in [1.165, 1.54) is 5.57 Å². The van der Waals surface area contributed by atoms with Gasteiger partial charge in [-0.25, -0.2) is 0 Å². The van der Waals surface area contributed by atoms with Crippen LogP contribution in [0.1, 0.15) is 66.2 Å². The second-order valence-corrected chi connectivity index (χ2v) is 11.4. The first-order chi connectivity index (χ1) is 16.2. The molecule has 184 valence electrons. The number of allylic oxidation sites excluding steroid dienone is 6. The quantitative estimate of drug-likeness (QED) is 0.281. The van der Waals surface area contributed by atoms with Crippen molar-refractivity contribution in [3.63, 3.8) is 0 Å². The number of aliphatic hydroxyl groups is 1. The number of hydrogen-bond acceptors (Lipinski definition) is 4. The topological polar surface area (TPSA) is 71.4 Å². The molecule has 0 aromatic carbocycles. The van der Waals surface area contributed by atoms with E-state index in [9.17, 15) is 19.5 Å². The van der Waals surface area contributed by atoms with Crippen LogP contribution in [0, 0.1) is 46.8 Å². The van der Waals surface area contributed by atoms with Gasteiger partial charge in [0, 0.05) is 5.92 Å². The summed E-state index contributed by atoms with van der Waals surface area (Å²) >= 11 is 0. The van der Waals surface area contributed by atoms with Crippen LogP contribution in [0.3, 0.4) is 0 Å². The maximum Gasteiger partial charge on any atom is 0.162 e. The molecule has 0 bridgehead atoms. The lowest BCUT2D eigenvalue weighted by Gasteiger charge is -2.38. The van der Waals surface area contributed by atoms with E-state index < -0.39 is 5.41 Å². The molecule has 7 unspecified atom stereocenters. The number of aliphatic hydroxyl groups excluding tert-OH is 1. The third kappa shape index (κ3) is 3.92. The molecule has 1 N–H and O–H groups in total. The molecule has 34 heavy (non-hydrogen) atoms. The molecular formula is C30H40O4. The Morgan fingerprint density at radius 1 is 1.15 bits per heavy atom. The van der Waals surface area contributed by atoms with Gasteiger partial charge in [0.1, 0.15) is 11.6 Å². The minimum absolute atomic E-state index is 0.00282. The van der Waals surface area contributed by atoms with Crippen molar-refractivity contribution in [2.75, 3.05) is 6.61 Å². The first-order valence-corrected chi connectivity index (χ1v) is 13.0. The van der Waals surface area contributed by atoms with Crippen LogP contribution in [-0.4, -0.2) is 29.1 Å². The SMILES string of the molecule is C=CCCC/C=C(/C)CC1=CC2C(CC(CO)=CC3C2C(C)CC2C3C2(C(C)=O)C(C)=O)C1=O. The minimum atomic E-state index is -0.871. The average molecular weight is 465 g/mol. The van der Waals surface area contributed by atoms with Gasteiger partial charge in [0.2, 0.25) is 0 Å². The zero-order valence-electron chi connectivity index (χ0n) is 21.2. The maximum atomic E-state index is 13.6. The van der Waals surface area contributed by atoms with Crippen LogP contribution < -0.4 is 0 Å². The number of fused-ring (bicyclic) bond motifs is 5. The van der Waals surface area contributed by atoms with Gasteiger partial charge in [-0.1, -0.05) is 36.8 Å². The number of Topliss-reactive ketones (excluding diaryl/α,β-unsaturated/α-hetero) is 3. The molecule has 0 radical (unpaired) electrons. The number of unbranched alkanes of at least 4 members (excludes halogenated alkanes) is 2. The van der Waals surface area contributed by atoms with Crippen molar-refractivity contribution in [1.29, 1.82) is 0 Å². The van der Waals surface area contributed by atoms with Crippen molar-refractivity contribution in [2.45, 2.75) is 66.2 Å². The summed E-state index contributed by atoms with van der Waals surface area (Å²) in [6.45, 7) is 11.2. The van der Waals surface area contributed by atoms with Crippen molar-refractivity contribution in [2.24, 2.45) is 46.8 Å². The second-order valence-electron chi connectivity index (χ2n) is 11.4. The molecule has 2 fully saturated rings. The Morgan fingerprint density at radius 2 is 1.85 bits per heavy atom. The smallest absolute Gasteiger partial charge is 0.162 e. The molecule has 4 aliphatic carbocycles. The van der Waals surface area contributed by atoms with Crippen molar-refractivity contribution >= 4 is 17.3 Å². The van der Waals surface area contributed by atoms with Crippen LogP contribution in [0.25, 0.3) is 0 Å². The predicted octanol–water partition coefficient (Wildman–Crippen LogP) is 5.43. The van der Waals surface area contributed by atoms with Crippen LogP contribution in [0.2, 0.25) is 0 Å². The standard InChI is InChI=1S/C30H40O4/c1-6-7-8-9-10-17(2)11-22-15-23-24(29(22)34)13-21(16-31)14-25-27(23)18(3)12-26-28(25)30(26,19(4)32)20(5)33/h6,10,14-15,18,23-28,31H,1,7-9,11-13,16H2,2-5H3/b17-10-. The first kappa shape index (κ1) is 25.0. The molecular weight excluding hydrogens is 424 g/mol. The highest BCUT2D eigenvalue weighted by molar-refractivity contribution is 6.09. The molecule has 0 saturated heterocycles. The van der Waals surface area contributed by atoms with Gasteiger partial charge in [-0.15, -0.1) is 6.58 Å². The summed E-state index contributed by atoms with van der Waals surface area (Å²) in [5, 5.41) is 10.1. The van der Waals surface area contributed by atoms with Gasteiger partial charge in [0.05, 0.1) is 12.0 Å². The first-order valence-electron chi connectivity index (χ1n) is 13.0. The monoisotopic (exact) mass is 464 g/mol. The summed E-state index contributed by atoms with van der Waals surface area (Å²) < 4.78 is 0. The third-order valence-electron chi connectivity index (χ3n) is 9.39. The highest BCUT2D eigenvalue weighted by Crippen LogP contribution is 2.72. The van der Waals surface area contributed by atoms with Gasteiger partial charge in [-0.2, -0.15) is 0 Å². The van der Waals surface area contributed by atoms with Gasteiger partial charge < -0.3 is 5.11 Å². The lowest BCUT2D eigenvalue weighted by molar-refractivity contribution is -0.133. The Bertz CT molecular complexity index is 966. The maximum absolute atomic E-state index is 13.6. The van der Waals surface area contributed by atoms with Crippen molar-refractivity contribution in [3.05, 3.63) is 47.6 Å². The molecule has 0 aromatic heterocycles. The summed E-state index contributed by atoms with van der Waals surface area (Å²) in [5.41, 5.74) is 2.15. The molecule has 2 saturated carbocycles. The van der Waals surface area contributed by atoms with E-state index in [0.29, 0.717) is 18.8 Å². The number of carbonyl (C=O) groups is 3. The van der Waals surface area contributed by atoms with Crippen LogP contribution in [0.4, 0.5) is 0 Å². The van der Waals surface area contributed by atoms with Crippen LogP contribution >= 0.6 is 0 Å². The van der Waals surface area contributed by atoms with E-state index in [0.717, 1.165) is 36.8 Å². The summed E-state index contributed by atoms with van der Waals surface area (Å²) in [4.78, 5) is 39.1. The molecule has 0 aliphatic heterocycles. The highest BCUT2D eigenvalue weighted by Gasteiger charge is 2.75.